The van der Waals surface area contributed by atoms with Crippen LogP contribution >= 0.6 is 0 Å². The third kappa shape index (κ3) is 8.13. The Bertz CT molecular complexity index is 1860. The largest absolute Gasteiger partial charge is 0.573 e. The van der Waals surface area contributed by atoms with Gasteiger partial charge in [0.25, 0.3) is 0 Å². The standard InChI is InChI=1S/C37H27F9O2/c1-2-3-4-5-22-6-8-23(9-7-22)25-12-16-30(31(38)18-25)26-19-33(40)35(34(41)20-26)48-36(42,43)27-13-17-29(32(39)21-27)24-10-14-28(15-11-24)47-37(44,45)46/h6-21H,2-5H2,1H3. The molecule has 0 fully saturated rings. The maximum Gasteiger partial charge on any atom is 0.573 e. The van der Waals surface area contributed by atoms with Crippen molar-refractivity contribution >= 4 is 0 Å². The minimum absolute atomic E-state index is 0.0430. The first-order chi connectivity index (χ1) is 22.7. The summed E-state index contributed by atoms with van der Waals surface area (Å²) >= 11 is 0. The van der Waals surface area contributed by atoms with Crippen LogP contribution in [0.3, 0.4) is 0 Å². The summed E-state index contributed by atoms with van der Waals surface area (Å²) in [5.41, 5.74) is 0.670. The van der Waals surface area contributed by atoms with Crippen LogP contribution in [0.25, 0.3) is 33.4 Å². The fraction of sp³-hybridized carbons (Fsp3) is 0.189. The quantitative estimate of drug-likeness (QED) is 0.103. The Morgan fingerprint density at radius 3 is 1.65 bits per heavy atom. The van der Waals surface area contributed by atoms with Crippen molar-refractivity contribution in [1.29, 1.82) is 0 Å². The molecule has 0 aliphatic carbocycles. The van der Waals surface area contributed by atoms with Gasteiger partial charge >= 0.3 is 12.5 Å². The van der Waals surface area contributed by atoms with Crippen LogP contribution in [-0.2, 0) is 12.5 Å². The minimum Gasteiger partial charge on any atom is -0.423 e. The zero-order valence-corrected chi connectivity index (χ0v) is 25.3. The number of benzene rings is 5. The second kappa shape index (κ2) is 14.0. The molecule has 11 heteroatoms. The number of rotatable bonds is 11. The van der Waals surface area contributed by atoms with Crippen LogP contribution < -0.4 is 9.47 Å². The summed E-state index contributed by atoms with van der Waals surface area (Å²) in [5.74, 6) is -7.15. The zero-order chi connectivity index (χ0) is 34.6. The third-order valence-electron chi connectivity index (χ3n) is 7.57. The fourth-order valence-electron chi connectivity index (χ4n) is 5.14. The van der Waals surface area contributed by atoms with Gasteiger partial charge < -0.3 is 9.47 Å². The van der Waals surface area contributed by atoms with Gasteiger partial charge in [-0.05, 0) is 83.1 Å². The first kappa shape index (κ1) is 34.4. The Balaban J connectivity index is 1.32. The zero-order valence-electron chi connectivity index (χ0n) is 25.3. The summed E-state index contributed by atoms with van der Waals surface area (Å²) in [6.45, 7) is 2.12. The lowest BCUT2D eigenvalue weighted by molar-refractivity contribution is -0.274. The molecule has 5 aromatic carbocycles. The van der Waals surface area contributed by atoms with Crippen molar-refractivity contribution in [2.24, 2.45) is 0 Å². The SMILES string of the molecule is CCCCCc1ccc(-c2ccc(-c3cc(F)c(OC(F)(F)c4ccc(-c5ccc(OC(F)(F)F)cc5)c(F)c4)c(F)c3)c(F)c2)cc1. The molecule has 0 saturated heterocycles. The van der Waals surface area contributed by atoms with Gasteiger partial charge in [0.05, 0.1) is 5.56 Å². The normalized spacial score (nSPS) is 11.9. The van der Waals surface area contributed by atoms with E-state index in [4.69, 9.17) is 0 Å². The molecule has 0 amide bonds. The van der Waals surface area contributed by atoms with Crippen LogP contribution in [0.2, 0.25) is 0 Å². The van der Waals surface area contributed by atoms with Gasteiger partial charge in [-0.1, -0.05) is 74.4 Å². The molecule has 250 valence electrons. The molecule has 0 radical (unpaired) electrons. The number of ether oxygens (including phenoxy) is 2. The second-order valence-corrected chi connectivity index (χ2v) is 11.0. The summed E-state index contributed by atoms with van der Waals surface area (Å²) in [6.07, 6.45) is -5.15. The van der Waals surface area contributed by atoms with Crippen molar-refractivity contribution in [3.05, 3.63) is 131 Å². The van der Waals surface area contributed by atoms with E-state index in [0.717, 1.165) is 73.2 Å². The predicted molar refractivity (Wildman–Crippen MR) is 163 cm³/mol. The summed E-state index contributed by atoms with van der Waals surface area (Å²) in [6, 6.07) is 19.0. The Morgan fingerprint density at radius 1 is 0.521 bits per heavy atom. The Morgan fingerprint density at radius 2 is 1.06 bits per heavy atom. The molecule has 0 saturated carbocycles. The Hall–Kier alpha value is -4.93. The molecule has 0 aliphatic rings. The van der Waals surface area contributed by atoms with Crippen molar-refractivity contribution in [3.63, 3.8) is 0 Å². The van der Waals surface area contributed by atoms with Crippen LogP contribution in [0.1, 0.15) is 37.3 Å². The van der Waals surface area contributed by atoms with Gasteiger partial charge in [0.2, 0.25) is 0 Å². The van der Waals surface area contributed by atoms with E-state index in [-0.39, 0.29) is 22.3 Å². The van der Waals surface area contributed by atoms with Crippen molar-refractivity contribution in [3.8, 4) is 44.9 Å². The molecule has 0 atom stereocenters. The van der Waals surface area contributed by atoms with E-state index in [0.29, 0.717) is 23.8 Å². The highest BCUT2D eigenvalue weighted by Crippen LogP contribution is 2.39. The fourth-order valence-corrected chi connectivity index (χ4v) is 5.14. The molecular formula is C37H27F9O2. The predicted octanol–water partition coefficient (Wildman–Crippen LogP) is 12.0. The molecule has 5 aromatic rings. The smallest absolute Gasteiger partial charge is 0.423 e. The molecule has 0 aliphatic heterocycles. The number of unbranched alkanes of at least 4 members (excludes halogenated alkanes) is 2. The summed E-state index contributed by atoms with van der Waals surface area (Å²) in [5, 5.41) is 0. The Labute approximate surface area is 270 Å². The molecule has 0 spiro atoms. The number of aryl methyl sites for hydroxylation is 1. The molecule has 0 unspecified atom stereocenters. The van der Waals surface area contributed by atoms with Crippen molar-refractivity contribution < 1.29 is 49.0 Å². The van der Waals surface area contributed by atoms with E-state index >= 15 is 13.2 Å². The maximum atomic E-state index is 15.2. The van der Waals surface area contributed by atoms with Gasteiger partial charge in [-0.15, -0.1) is 13.2 Å². The van der Waals surface area contributed by atoms with Gasteiger partial charge in [-0.3, -0.25) is 0 Å². The lowest BCUT2D eigenvalue weighted by Crippen LogP contribution is -2.23. The van der Waals surface area contributed by atoms with Crippen molar-refractivity contribution in [1.82, 2.24) is 0 Å². The van der Waals surface area contributed by atoms with Crippen LogP contribution in [0.5, 0.6) is 11.5 Å². The van der Waals surface area contributed by atoms with Crippen molar-refractivity contribution in [2.75, 3.05) is 0 Å². The van der Waals surface area contributed by atoms with E-state index in [1.54, 1.807) is 6.07 Å². The van der Waals surface area contributed by atoms with Gasteiger partial charge in [0, 0.05) is 11.1 Å². The molecular weight excluding hydrogens is 647 g/mol. The first-order valence-corrected chi connectivity index (χ1v) is 14.9. The average molecular weight is 675 g/mol. The highest BCUT2D eigenvalue weighted by molar-refractivity contribution is 5.72. The van der Waals surface area contributed by atoms with Gasteiger partial charge in [-0.2, -0.15) is 8.78 Å². The molecule has 0 bridgehead atoms. The average Bonchev–Trinajstić information content (AvgIpc) is 3.03. The highest BCUT2D eigenvalue weighted by Gasteiger charge is 2.38. The van der Waals surface area contributed by atoms with Crippen LogP contribution in [-0.4, -0.2) is 6.36 Å². The van der Waals surface area contributed by atoms with Crippen LogP contribution in [0.15, 0.2) is 97.1 Å². The van der Waals surface area contributed by atoms with Crippen LogP contribution in [0, 0.1) is 23.3 Å². The van der Waals surface area contributed by atoms with E-state index < -0.39 is 52.8 Å². The maximum absolute atomic E-state index is 15.2. The van der Waals surface area contributed by atoms with Gasteiger partial charge in [-0.25, -0.2) is 17.6 Å². The third-order valence-corrected chi connectivity index (χ3v) is 7.57. The Kier molecular flexibility index (Phi) is 10.1. The van der Waals surface area contributed by atoms with Crippen molar-refractivity contribution in [2.45, 2.75) is 45.1 Å². The summed E-state index contributed by atoms with van der Waals surface area (Å²) in [4.78, 5) is 0. The molecule has 48 heavy (non-hydrogen) atoms. The van der Waals surface area contributed by atoms with E-state index in [1.807, 2.05) is 24.3 Å². The van der Waals surface area contributed by atoms with Gasteiger partial charge in [0.15, 0.2) is 17.4 Å². The minimum atomic E-state index is -4.94. The number of alkyl halides is 5. The monoisotopic (exact) mass is 674 g/mol. The second-order valence-electron chi connectivity index (χ2n) is 11.0. The molecule has 0 N–H and O–H groups in total. The number of hydrogen-bond donors (Lipinski definition) is 0. The molecule has 0 heterocycles. The lowest BCUT2D eigenvalue weighted by Gasteiger charge is -2.20. The lowest BCUT2D eigenvalue weighted by atomic mass is 9.98. The highest BCUT2D eigenvalue weighted by atomic mass is 19.4. The van der Waals surface area contributed by atoms with E-state index in [9.17, 15) is 26.3 Å². The number of hydrogen-bond acceptors (Lipinski definition) is 2. The van der Waals surface area contributed by atoms with Crippen LogP contribution in [0.4, 0.5) is 39.5 Å². The topological polar surface area (TPSA) is 18.5 Å². The summed E-state index contributed by atoms with van der Waals surface area (Å²) in [7, 11) is 0. The van der Waals surface area contributed by atoms with Gasteiger partial charge in [0.1, 0.15) is 17.4 Å². The van der Waals surface area contributed by atoms with E-state index in [1.165, 1.54) is 12.1 Å². The number of halogens is 9. The first-order valence-electron chi connectivity index (χ1n) is 14.9. The molecule has 5 rings (SSSR count). The summed E-state index contributed by atoms with van der Waals surface area (Å²) < 4.78 is 135. The molecule has 0 aromatic heterocycles. The molecule has 2 nitrogen and oxygen atoms in total. The van der Waals surface area contributed by atoms with E-state index in [2.05, 4.69) is 16.4 Å².